The van der Waals surface area contributed by atoms with Crippen LogP contribution in [-0.4, -0.2) is 28.5 Å². The Morgan fingerprint density at radius 3 is 2.74 bits per heavy atom. The first-order valence-electron chi connectivity index (χ1n) is 8.24. The molecule has 0 unspecified atom stereocenters. The first kappa shape index (κ1) is 18.6. The van der Waals surface area contributed by atoms with Crippen molar-refractivity contribution in [1.29, 1.82) is 0 Å². The van der Waals surface area contributed by atoms with Crippen molar-refractivity contribution in [2.45, 2.75) is 13.3 Å². The van der Waals surface area contributed by atoms with Crippen molar-refractivity contribution >= 4 is 29.2 Å². The highest BCUT2D eigenvalue weighted by molar-refractivity contribution is 6.30. The fraction of sp³-hybridized carbons (Fsp3) is 0.158. The third-order valence-electron chi connectivity index (χ3n) is 3.71. The maximum Gasteiger partial charge on any atom is 0.275 e. The minimum atomic E-state index is -0.475. The van der Waals surface area contributed by atoms with E-state index >= 15 is 0 Å². The Bertz CT molecular complexity index is 971. The number of nitrogens with zero attached hydrogens (tertiary/aromatic N) is 2. The first-order valence-corrected chi connectivity index (χ1v) is 8.62. The van der Waals surface area contributed by atoms with Gasteiger partial charge < -0.3 is 15.2 Å². The van der Waals surface area contributed by atoms with Crippen molar-refractivity contribution in [3.05, 3.63) is 76.3 Å². The van der Waals surface area contributed by atoms with Gasteiger partial charge in [0.05, 0.1) is 0 Å². The number of aromatic nitrogens is 2. The molecule has 7 nitrogen and oxygen atoms in total. The molecule has 3 rings (SSSR count). The van der Waals surface area contributed by atoms with Crippen LogP contribution < -0.4 is 10.6 Å². The van der Waals surface area contributed by atoms with E-state index in [-0.39, 0.29) is 17.4 Å². The lowest BCUT2D eigenvalue weighted by atomic mass is 10.1. The standard InChI is InChI=1S/C19H17ClN4O3/c1-12-9-17(24-27-12)23-19(26)16-11-14(6-8-21-16)18(25)22-7-5-13-3-2-4-15(20)10-13/h2-4,6,8-11H,5,7H2,1H3,(H,22,25)(H,23,24,26). The van der Waals surface area contributed by atoms with Crippen LogP contribution in [0.15, 0.2) is 53.2 Å². The van der Waals surface area contributed by atoms with Gasteiger partial charge in [0.2, 0.25) is 0 Å². The SMILES string of the molecule is Cc1cc(NC(=O)c2cc(C(=O)NCCc3cccc(Cl)c3)ccn2)no1. The molecule has 8 heteroatoms. The van der Waals surface area contributed by atoms with Crippen LogP contribution in [0.5, 0.6) is 0 Å². The molecule has 138 valence electrons. The summed E-state index contributed by atoms with van der Waals surface area (Å²) in [7, 11) is 0. The lowest BCUT2D eigenvalue weighted by Crippen LogP contribution is -2.26. The van der Waals surface area contributed by atoms with Gasteiger partial charge in [-0.3, -0.25) is 14.6 Å². The lowest BCUT2D eigenvalue weighted by molar-refractivity contribution is 0.0954. The second-order valence-electron chi connectivity index (χ2n) is 5.84. The molecule has 0 saturated carbocycles. The van der Waals surface area contributed by atoms with Gasteiger partial charge in [0, 0.05) is 29.4 Å². The molecule has 0 radical (unpaired) electrons. The monoisotopic (exact) mass is 384 g/mol. The number of rotatable bonds is 6. The van der Waals surface area contributed by atoms with Crippen LogP contribution in [0.1, 0.15) is 32.2 Å². The number of nitrogens with one attached hydrogen (secondary N) is 2. The van der Waals surface area contributed by atoms with E-state index in [2.05, 4.69) is 20.8 Å². The van der Waals surface area contributed by atoms with Crippen LogP contribution in [0.25, 0.3) is 0 Å². The molecule has 2 aromatic heterocycles. The molecule has 0 bridgehead atoms. The normalized spacial score (nSPS) is 10.4. The Balaban J connectivity index is 1.58. The zero-order valence-corrected chi connectivity index (χ0v) is 15.3. The zero-order valence-electron chi connectivity index (χ0n) is 14.5. The number of hydrogen-bond donors (Lipinski definition) is 2. The molecule has 1 aromatic carbocycles. The number of halogens is 1. The number of aryl methyl sites for hydroxylation is 1. The van der Waals surface area contributed by atoms with Crippen molar-refractivity contribution in [3.63, 3.8) is 0 Å². The molecular formula is C19H17ClN4O3. The topological polar surface area (TPSA) is 97.1 Å². The Labute approximate surface area is 160 Å². The average molecular weight is 385 g/mol. The Morgan fingerprint density at radius 2 is 2.00 bits per heavy atom. The maximum atomic E-state index is 12.3. The average Bonchev–Trinajstić information content (AvgIpc) is 3.06. The summed E-state index contributed by atoms with van der Waals surface area (Å²) >= 11 is 5.95. The summed E-state index contributed by atoms with van der Waals surface area (Å²) in [5, 5.41) is 9.73. The van der Waals surface area contributed by atoms with E-state index < -0.39 is 5.91 Å². The predicted octanol–water partition coefficient (Wildman–Crippen LogP) is 3.26. The Kier molecular flexibility index (Phi) is 5.83. The van der Waals surface area contributed by atoms with Crippen molar-refractivity contribution in [3.8, 4) is 0 Å². The van der Waals surface area contributed by atoms with Crippen LogP contribution >= 0.6 is 11.6 Å². The number of hydrogen-bond acceptors (Lipinski definition) is 5. The van der Waals surface area contributed by atoms with Crippen LogP contribution in [0.4, 0.5) is 5.82 Å². The summed E-state index contributed by atoms with van der Waals surface area (Å²) in [6.07, 6.45) is 2.06. The molecule has 0 aliphatic heterocycles. The molecule has 2 amide bonds. The van der Waals surface area contributed by atoms with Crippen molar-refractivity contribution < 1.29 is 14.1 Å². The zero-order chi connectivity index (χ0) is 19.2. The van der Waals surface area contributed by atoms with E-state index in [1.54, 1.807) is 25.1 Å². The molecule has 2 heterocycles. The van der Waals surface area contributed by atoms with Crippen LogP contribution in [-0.2, 0) is 6.42 Å². The van der Waals surface area contributed by atoms with Crippen LogP contribution in [0, 0.1) is 6.92 Å². The molecule has 0 spiro atoms. The highest BCUT2D eigenvalue weighted by Gasteiger charge is 2.13. The Morgan fingerprint density at radius 1 is 1.15 bits per heavy atom. The molecule has 0 atom stereocenters. The lowest BCUT2D eigenvalue weighted by Gasteiger charge is -2.07. The summed E-state index contributed by atoms with van der Waals surface area (Å²) in [6.45, 7) is 2.16. The fourth-order valence-electron chi connectivity index (χ4n) is 2.42. The van der Waals surface area contributed by atoms with Gasteiger partial charge >= 0.3 is 0 Å². The highest BCUT2D eigenvalue weighted by atomic mass is 35.5. The van der Waals surface area contributed by atoms with E-state index in [0.717, 1.165) is 5.56 Å². The molecule has 27 heavy (non-hydrogen) atoms. The van der Waals surface area contributed by atoms with Gasteiger partial charge in [-0.25, -0.2) is 0 Å². The summed E-state index contributed by atoms with van der Waals surface area (Å²) in [5.41, 5.74) is 1.48. The highest BCUT2D eigenvalue weighted by Crippen LogP contribution is 2.11. The Hall–Kier alpha value is -3.19. The molecule has 0 aliphatic rings. The van der Waals surface area contributed by atoms with Crippen LogP contribution in [0.2, 0.25) is 5.02 Å². The number of anilines is 1. The summed E-state index contributed by atoms with van der Waals surface area (Å²) in [6, 6.07) is 12.0. The van der Waals surface area contributed by atoms with Gasteiger partial charge in [0.25, 0.3) is 11.8 Å². The van der Waals surface area contributed by atoms with Gasteiger partial charge in [0.1, 0.15) is 11.5 Å². The molecule has 0 fully saturated rings. The van der Waals surface area contributed by atoms with E-state index in [1.807, 2.05) is 18.2 Å². The number of benzene rings is 1. The van der Waals surface area contributed by atoms with Gasteiger partial charge in [-0.15, -0.1) is 0 Å². The minimum absolute atomic E-state index is 0.109. The van der Waals surface area contributed by atoms with Crippen molar-refractivity contribution in [2.75, 3.05) is 11.9 Å². The van der Waals surface area contributed by atoms with E-state index in [0.29, 0.717) is 29.3 Å². The number of pyridine rings is 1. The summed E-state index contributed by atoms with van der Waals surface area (Å²) in [4.78, 5) is 28.5. The maximum absolute atomic E-state index is 12.3. The third kappa shape index (κ3) is 5.15. The van der Waals surface area contributed by atoms with Gasteiger partial charge in [-0.2, -0.15) is 0 Å². The molecule has 2 N–H and O–H groups in total. The molecule has 0 saturated heterocycles. The van der Waals surface area contributed by atoms with E-state index in [9.17, 15) is 9.59 Å². The third-order valence-corrected chi connectivity index (χ3v) is 3.95. The van der Waals surface area contributed by atoms with Gasteiger partial charge in [0.15, 0.2) is 5.82 Å². The second-order valence-corrected chi connectivity index (χ2v) is 6.28. The molecule has 3 aromatic rings. The molecule has 0 aliphatic carbocycles. The van der Waals surface area contributed by atoms with Crippen molar-refractivity contribution in [2.24, 2.45) is 0 Å². The molecular weight excluding hydrogens is 368 g/mol. The van der Waals surface area contributed by atoms with E-state index in [1.165, 1.54) is 12.3 Å². The van der Waals surface area contributed by atoms with Gasteiger partial charge in [-0.1, -0.05) is 28.9 Å². The summed E-state index contributed by atoms with van der Waals surface area (Å²) in [5.74, 6) is 0.101. The number of amides is 2. The first-order chi connectivity index (χ1) is 13.0. The van der Waals surface area contributed by atoms with Gasteiger partial charge in [-0.05, 0) is 43.2 Å². The largest absolute Gasteiger partial charge is 0.360 e. The number of carbonyl (C=O) groups excluding carboxylic acids is 2. The smallest absolute Gasteiger partial charge is 0.275 e. The summed E-state index contributed by atoms with van der Waals surface area (Å²) < 4.78 is 4.89. The minimum Gasteiger partial charge on any atom is -0.360 e. The van der Waals surface area contributed by atoms with E-state index in [4.69, 9.17) is 16.1 Å². The van der Waals surface area contributed by atoms with Crippen LogP contribution in [0.3, 0.4) is 0 Å². The fourth-order valence-corrected chi connectivity index (χ4v) is 2.63. The quantitative estimate of drug-likeness (QED) is 0.679. The second kappa shape index (κ2) is 8.46. The van der Waals surface area contributed by atoms with Crippen molar-refractivity contribution in [1.82, 2.24) is 15.5 Å². The number of carbonyl (C=O) groups is 2. The predicted molar refractivity (Wildman–Crippen MR) is 101 cm³/mol.